The molecule has 1 saturated heterocycles. The molecule has 1 aliphatic heterocycles. The van der Waals surface area contributed by atoms with Crippen molar-refractivity contribution in [2.75, 3.05) is 18.0 Å². The number of fused-ring (bicyclic) bond motifs is 1. The van der Waals surface area contributed by atoms with Gasteiger partial charge in [-0.05, 0) is 38.7 Å². The van der Waals surface area contributed by atoms with Gasteiger partial charge in [-0.1, -0.05) is 30.0 Å². The average Bonchev–Trinajstić information content (AvgIpc) is 3.11. The first-order valence-electron chi connectivity index (χ1n) is 9.69. The monoisotopic (exact) mass is 381 g/mol. The summed E-state index contributed by atoms with van der Waals surface area (Å²) < 4.78 is 2.27. The van der Waals surface area contributed by atoms with E-state index in [-0.39, 0.29) is 11.0 Å². The number of thioether (sulfide) groups is 1. The van der Waals surface area contributed by atoms with Crippen molar-refractivity contribution in [3.05, 3.63) is 36.0 Å². The Balaban J connectivity index is 1.40. The third kappa shape index (κ3) is 3.04. The summed E-state index contributed by atoms with van der Waals surface area (Å²) in [6.45, 7) is 4.08. The molecule has 2 aliphatic rings. The van der Waals surface area contributed by atoms with Gasteiger partial charge in [-0.2, -0.15) is 0 Å². The fourth-order valence-electron chi connectivity index (χ4n) is 3.84. The van der Waals surface area contributed by atoms with Gasteiger partial charge in [-0.3, -0.25) is 9.36 Å². The number of hydrogen-bond acceptors (Lipinski definition) is 5. The van der Waals surface area contributed by atoms with Crippen LogP contribution in [0.4, 0.5) is 5.95 Å². The Morgan fingerprint density at radius 3 is 2.78 bits per heavy atom. The lowest BCUT2D eigenvalue weighted by molar-refractivity contribution is 0.0995. The number of anilines is 1. The Morgan fingerprint density at radius 2 is 2.00 bits per heavy atom. The molecule has 2 fully saturated rings. The molecule has 7 heteroatoms. The Hall–Kier alpha value is -2.28. The summed E-state index contributed by atoms with van der Waals surface area (Å²) in [6, 6.07) is 8.43. The topological polar surface area (TPSA) is 66.8 Å². The van der Waals surface area contributed by atoms with Crippen LogP contribution in [-0.2, 0) is 0 Å². The van der Waals surface area contributed by atoms with Gasteiger partial charge in [0.15, 0.2) is 10.9 Å². The molecule has 3 heterocycles. The molecule has 140 valence electrons. The molecule has 1 N–H and O–H groups in total. The number of aromatic nitrogens is 4. The molecule has 0 radical (unpaired) electrons. The molecule has 1 atom stereocenters. The lowest BCUT2D eigenvalue weighted by Gasteiger charge is -2.18. The largest absolute Gasteiger partial charge is 0.360 e. The SMILES string of the molecule is CC(Sc1nnc(N2CCCC2)n1C1CC1)C(=O)c1c[nH]c2ccccc12. The van der Waals surface area contributed by atoms with E-state index in [4.69, 9.17) is 0 Å². The van der Waals surface area contributed by atoms with Crippen LogP contribution in [0.3, 0.4) is 0 Å². The van der Waals surface area contributed by atoms with Crippen molar-refractivity contribution in [1.82, 2.24) is 19.7 Å². The minimum absolute atomic E-state index is 0.130. The molecule has 1 saturated carbocycles. The number of carbonyl (C=O) groups is 1. The number of nitrogens with zero attached hydrogens (tertiary/aromatic N) is 4. The quantitative estimate of drug-likeness (QED) is 0.515. The van der Waals surface area contributed by atoms with E-state index in [9.17, 15) is 4.79 Å². The first-order chi connectivity index (χ1) is 13.2. The third-order valence-electron chi connectivity index (χ3n) is 5.45. The summed E-state index contributed by atoms with van der Waals surface area (Å²) in [5, 5.41) is 10.6. The van der Waals surface area contributed by atoms with Crippen molar-refractivity contribution in [1.29, 1.82) is 0 Å². The number of Topliss-reactive ketones (excluding diaryl/α,β-unsaturated/α-hetero) is 1. The Kier molecular flexibility index (Phi) is 4.19. The number of ketones is 1. The van der Waals surface area contributed by atoms with Gasteiger partial charge in [0.1, 0.15) is 0 Å². The summed E-state index contributed by atoms with van der Waals surface area (Å²) in [7, 11) is 0. The van der Waals surface area contributed by atoms with Crippen LogP contribution in [0.25, 0.3) is 10.9 Å². The molecular weight excluding hydrogens is 358 g/mol. The van der Waals surface area contributed by atoms with E-state index in [1.807, 2.05) is 37.4 Å². The van der Waals surface area contributed by atoms with Crippen LogP contribution in [-0.4, -0.2) is 43.9 Å². The van der Waals surface area contributed by atoms with Gasteiger partial charge >= 0.3 is 0 Å². The van der Waals surface area contributed by atoms with Crippen molar-refractivity contribution in [2.24, 2.45) is 0 Å². The number of para-hydroxylation sites is 1. The van der Waals surface area contributed by atoms with E-state index < -0.39 is 0 Å². The molecule has 2 aromatic heterocycles. The summed E-state index contributed by atoms with van der Waals surface area (Å²) in [4.78, 5) is 18.6. The van der Waals surface area contributed by atoms with Crippen LogP contribution in [0.1, 0.15) is 49.0 Å². The number of rotatable bonds is 6. The smallest absolute Gasteiger partial charge is 0.228 e. The zero-order chi connectivity index (χ0) is 18.4. The molecule has 1 aliphatic carbocycles. The van der Waals surface area contributed by atoms with Crippen molar-refractivity contribution in [3.63, 3.8) is 0 Å². The zero-order valence-electron chi connectivity index (χ0n) is 15.4. The zero-order valence-corrected chi connectivity index (χ0v) is 16.2. The summed E-state index contributed by atoms with van der Waals surface area (Å²) in [5.74, 6) is 1.12. The number of aromatic amines is 1. The highest BCUT2D eigenvalue weighted by Gasteiger charge is 2.33. The van der Waals surface area contributed by atoms with E-state index in [0.29, 0.717) is 6.04 Å². The molecule has 0 spiro atoms. The van der Waals surface area contributed by atoms with Crippen LogP contribution < -0.4 is 4.90 Å². The van der Waals surface area contributed by atoms with Crippen LogP contribution in [0, 0.1) is 0 Å². The third-order valence-corrected chi connectivity index (χ3v) is 6.51. The molecule has 3 aromatic rings. The second kappa shape index (κ2) is 6.71. The molecule has 5 rings (SSSR count). The van der Waals surface area contributed by atoms with E-state index in [1.54, 1.807) is 0 Å². The second-order valence-corrected chi connectivity index (χ2v) is 8.76. The van der Waals surface area contributed by atoms with Crippen LogP contribution in [0.15, 0.2) is 35.6 Å². The number of H-pyrrole nitrogens is 1. The van der Waals surface area contributed by atoms with Gasteiger partial charge in [0.25, 0.3) is 0 Å². The standard InChI is InChI=1S/C20H23N5OS/c1-13(18(26)16-12-21-17-7-3-2-6-15(16)17)27-20-23-22-19(24-10-4-5-11-24)25(20)14-8-9-14/h2-3,6-7,12-14,21H,4-5,8-11H2,1H3. The number of hydrogen-bond donors (Lipinski definition) is 1. The van der Waals surface area contributed by atoms with Gasteiger partial charge in [0.05, 0.1) is 5.25 Å². The second-order valence-electron chi connectivity index (χ2n) is 7.45. The average molecular weight is 382 g/mol. The number of nitrogens with one attached hydrogen (secondary N) is 1. The van der Waals surface area contributed by atoms with E-state index in [1.165, 1.54) is 37.4 Å². The minimum Gasteiger partial charge on any atom is -0.360 e. The maximum atomic E-state index is 13.1. The van der Waals surface area contributed by atoms with Crippen molar-refractivity contribution >= 4 is 34.4 Å². The van der Waals surface area contributed by atoms with Crippen LogP contribution in [0.5, 0.6) is 0 Å². The van der Waals surface area contributed by atoms with E-state index >= 15 is 0 Å². The Labute approximate surface area is 162 Å². The lowest BCUT2D eigenvalue weighted by Crippen LogP contribution is -2.22. The molecular formula is C20H23N5OS. The highest BCUT2D eigenvalue weighted by Crippen LogP contribution is 2.42. The van der Waals surface area contributed by atoms with Gasteiger partial charge in [0.2, 0.25) is 5.95 Å². The van der Waals surface area contributed by atoms with Crippen molar-refractivity contribution in [2.45, 2.75) is 49.1 Å². The molecule has 1 unspecified atom stereocenters. The molecule has 0 amide bonds. The van der Waals surface area contributed by atoms with Crippen molar-refractivity contribution < 1.29 is 4.79 Å². The van der Waals surface area contributed by atoms with E-state index in [2.05, 4.69) is 24.6 Å². The highest BCUT2D eigenvalue weighted by atomic mass is 32.2. The summed E-state index contributed by atoms with van der Waals surface area (Å²) in [6.07, 6.45) is 6.62. The maximum absolute atomic E-state index is 13.1. The molecule has 6 nitrogen and oxygen atoms in total. The Morgan fingerprint density at radius 1 is 1.22 bits per heavy atom. The maximum Gasteiger partial charge on any atom is 0.228 e. The van der Waals surface area contributed by atoms with Gasteiger partial charge in [-0.15, -0.1) is 10.2 Å². The lowest BCUT2D eigenvalue weighted by atomic mass is 10.1. The Bertz CT molecular complexity index is 983. The van der Waals surface area contributed by atoms with Crippen LogP contribution >= 0.6 is 11.8 Å². The van der Waals surface area contributed by atoms with Crippen molar-refractivity contribution in [3.8, 4) is 0 Å². The minimum atomic E-state index is -0.211. The first kappa shape index (κ1) is 16.9. The van der Waals surface area contributed by atoms with Gasteiger partial charge in [0, 0.05) is 41.8 Å². The molecule has 1 aromatic carbocycles. The molecule has 0 bridgehead atoms. The molecule has 27 heavy (non-hydrogen) atoms. The summed E-state index contributed by atoms with van der Waals surface area (Å²) in [5.41, 5.74) is 1.75. The first-order valence-corrected chi connectivity index (χ1v) is 10.6. The number of benzene rings is 1. The fraction of sp³-hybridized carbons (Fsp3) is 0.450. The van der Waals surface area contributed by atoms with E-state index in [0.717, 1.165) is 40.7 Å². The fourth-order valence-corrected chi connectivity index (χ4v) is 4.82. The number of carbonyl (C=O) groups excluding carboxylic acids is 1. The van der Waals surface area contributed by atoms with Gasteiger partial charge in [-0.25, -0.2) is 0 Å². The predicted molar refractivity (Wildman–Crippen MR) is 108 cm³/mol. The normalized spacial score (nSPS) is 18.3. The summed E-state index contributed by atoms with van der Waals surface area (Å²) >= 11 is 1.53. The van der Waals surface area contributed by atoms with Gasteiger partial charge < -0.3 is 9.88 Å². The predicted octanol–water partition coefficient (Wildman–Crippen LogP) is 4.06. The highest BCUT2D eigenvalue weighted by molar-refractivity contribution is 8.00. The van der Waals surface area contributed by atoms with Crippen LogP contribution in [0.2, 0.25) is 0 Å².